The van der Waals surface area contributed by atoms with Crippen molar-refractivity contribution in [3.05, 3.63) is 11.1 Å². The highest BCUT2D eigenvalue weighted by Crippen LogP contribution is 2.43. The summed E-state index contributed by atoms with van der Waals surface area (Å²) in [5.41, 5.74) is 17.1. The van der Waals surface area contributed by atoms with Crippen LogP contribution in [-0.2, 0) is 12.8 Å². The minimum Gasteiger partial charge on any atom is -0.398 e. The van der Waals surface area contributed by atoms with Crippen LogP contribution in [0, 0.1) is 0 Å². The Balaban J connectivity index is 3.52. The summed E-state index contributed by atoms with van der Waals surface area (Å²) in [6, 6.07) is 0. The second-order valence-electron chi connectivity index (χ2n) is 4.02. The van der Waals surface area contributed by atoms with E-state index in [1.54, 1.807) is 11.8 Å². The van der Waals surface area contributed by atoms with Gasteiger partial charge in [0.05, 0.1) is 16.3 Å². The fraction of sp³-hybridized carbons (Fsp3) is 0.571. The molecule has 1 aromatic rings. The summed E-state index contributed by atoms with van der Waals surface area (Å²) in [5.74, 6) is 2.04. The number of thioether (sulfide) groups is 2. The van der Waals surface area contributed by atoms with Gasteiger partial charge in [-0.2, -0.15) is 0 Å². The first-order valence-electron chi connectivity index (χ1n) is 6.60. The van der Waals surface area contributed by atoms with E-state index in [0.29, 0.717) is 0 Å². The molecule has 0 saturated heterocycles. The molecule has 0 saturated carbocycles. The van der Waals surface area contributed by atoms with Crippen LogP contribution in [0.1, 0.15) is 38.8 Å². The molecular weight excluding hydrogens is 260 g/mol. The van der Waals surface area contributed by atoms with Crippen molar-refractivity contribution in [2.75, 3.05) is 23.0 Å². The van der Waals surface area contributed by atoms with Gasteiger partial charge in [0.1, 0.15) is 0 Å². The third-order valence-corrected chi connectivity index (χ3v) is 5.04. The topological polar surface area (TPSA) is 52.0 Å². The van der Waals surface area contributed by atoms with E-state index in [-0.39, 0.29) is 0 Å². The van der Waals surface area contributed by atoms with Crippen molar-refractivity contribution >= 4 is 34.9 Å². The number of hydrogen-bond acceptors (Lipinski definition) is 4. The molecule has 0 bridgehead atoms. The van der Waals surface area contributed by atoms with Gasteiger partial charge in [0.15, 0.2) is 0 Å². The van der Waals surface area contributed by atoms with E-state index in [9.17, 15) is 0 Å². The number of anilines is 2. The van der Waals surface area contributed by atoms with Crippen molar-refractivity contribution in [2.24, 2.45) is 0 Å². The van der Waals surface area contributed by atoms with Gasteiger partial charge in [-0.05, 0) is 35.5 Å². The Hall–Kier alpha value is -0.480. The molecule has 0 aliphatic carbocycles. The fourth-order valence-corrected chi connectivity index (χ4v) is 4.11. The summed E-state index contributed by atoms with van der Waals surface area (Å²) < 4.78 is 0. The van der Waals surface area contributed by atoms with Crippen LogP contribution in [0.5, 0.6) is 0 Å². The summed E-state index contributed by atoms with van der Waals surface area (Å²) in [6.07, 6.45) is 1.97. The van der Waals surface area contributed by atoms with Crippen LogP contribution in [0.2, 0.25) is 0 Å². The van der Waals surface area contributed by atoms with Gasteiger partial charge >= 0.3 is 0 Å². The standard InChI is InChI=1S/C14H24N2S2/c1-5-9-10(6-2)13(17-7-3)12(16)14(11(9)15)18-8-4/h5-8,15-16H2,1-4H3. The van der Waals surface area contributed by atoms with E-state index in [4.69, 9.17) is 11.5 Å². The van der Waals surface area contributed by atoms with Crippen molar-refractivity contribution in [1.29, 1.82) is 0 Å². The minimum atomic E-state index is 0.889. The third kappa shape index (κ3) is 2.91. The van der Waals surface area contributed by atoms with E-state index in [0.717, 1.165) is 40.6 Å². The Labute approximate surface area is 119 Å². The fourth-order valence-electron chi connectivity index (χ4n) is 2.23. The lowest BCUT2D eigenvalue weighted by Gasteiger charge is -2.21. The molecule has 4 heteroatoms. The average molecular weight is 284 g/mol. The molecule has 0 amide bonds. The van der Waals surface area contributed by atoms with Crippen molar-refractivity contribution in [1.82, 2.24) is 0 Å². The Kier molecular flexibility index (Phi) is 6.22. The normalized spacial score (nSPS) is 10.9. The van der Waals surface area contributed by atoms with Crippen molar-refractivity contribution in [3.63, 3.8) is 0 Å². The van der Waals surface area contributed by atoms with Gasteiger partial charge in [0.25, 0.3) is 0 Å². The Morgan fingerprint density at radius 3 is 1.67 bits per heavy atom. The largest absolute Gasteiger partial charge is 0.398 e. The van der Waals surface area contributed by atoms with E-state index in [1.807, 2.05) is 11.8 Å². The molecule has 0 heterocycles. The molecule has 1 aromatic carbocycles. The van der Waals surface area contributed by atoms with Gasteiger partial charge in [-0.15, -0.1) is 23.5 Å². The number of nitrogen functional groups attached to an aromatic ring is 2. The van der Waals surface area contributed by atoms with Crippen molar-refractivity contribution in [2.45, 2.75) is 50.3 Å². The van der Waals surface area contributed by atoms with Crippen LogP contribution in [0.25, 0.3) is 0 Å². The lowest BCUT2D eigenvalue weighted by molar-refractivity contribution is 0.991. The van der Waals surface area contributed by atoms with E-state index in [1.165, 1.54) is 16.0 Å². The molecule has 0 spiro atoms. The molecule has 0 aromatic heterocycles. The molecule has 2 nitrogen and oxygen atoms in total. The van der Waals surface area contributed by atoms with Crippen molar-refractivity contribution < 1.29 is 0 Å². The second kappa shape index (κ2) is 7.19. The van der Waals surface area contributed by atoms with Crippen LogP contribution in [0.15, 0.2) is 9.79 Å². The lowest BCUT2D eigenvalue weighted by Crippen LogP contribution is -2.07. The Morgan fingerprint density at radius 2 is 1.22 bits per heavy atom. The maximum atomic E-state index is 6.33. The third-order valence-electron chi connectivity index (χ3n) is 2.98. The van der Waals surface area contributed by atoms with Gasteiger partial charge in [-0.25, -0.2) is 0 Å². The zero-order valence-electron chi connectivity index (χ0n) is 11.8. The highest BCUT2D eigenvalue weighted by Gasteiger charge is 2.18. The SMILES string of the molecule is CCSc1c(N)c(CC)c(CC)c(SCC)c1N. The minimum absolute atomic E-state index is 0.889. The molecule has 0 fully saturated rings. The zero-order chi connectivity index (χ0) is 13.7. The number of benzene rings is 1. The zero-order valence-corrected chi connectivity index (χ0v) is 13.4. The van der Waals surface area contributed by atoms with Gasteiger partial charge in [-0.3, -0.25) is 0 Å². The summed E-state index contributed by atoms with van der Waals surface area (Å²) in [7, 11) is 0. The summed E-state index contributed by atoms with van der Waals surface area (Å²) >= 11 is 3.59. The summed E-state index contributed by atoms with van der Waals surface area (Å²) in [5, 5.41) is 0. The number of rotatable bonds is 6. The van der Waals surface area contributed by atoms with Crippen LogP contribution in [0.4, 0.5) is 11.4 Å². The maximum absolute atomic E-state index is 6.33. The highest BCUT2D eigenvalue weighted by molar-refractivity contribution is 8.00. The van der Waals surface area contributed by atoms with Gasteiger partial charge in [0, 0.05) is 4.90 Å². The first-order valence-corrected chi connectivity index (χ1v) is 8.57. The summed E-state index contributed by atoms with van der Waals surface area (Å²) in [6.45, 7) is 8.65. The molecule has 0 radical (unpaired) electrons. The van der Waals surface area contributed by atoms with Gasteiger partial charge < -0.3 is 11.5 Å². The lowest BCUT2D eigenvalue weighted by atomic mass is 10.00. The number of nitrogens with two attached hydrogens (primary N) is 2. The van der Waals surface area contributed by atoms with Gasteiger partial charge in [-0.1, -0.05) is 27.7 Å². The predicted molar refractivity (Wildman–Crippen MR) is 86.8 cm³/mol. The highest BCUT2D eigenvalue weighted by atomic mass is 32.2. The first kappa shape index (κ1) is 15.6. The Morgan fingerprint density at radius 1 is 0.722 bits per heavy atom. The second-order valence-corrected chi connectivity index (χ2v) is 6.56. The molecular formula is C14H24N2S2. The molecule has 1 rings (SSSR count). The predicted octanol–water partition coefficient (Wildman–Crippen LogP) is 4.20. The van der Waals surface area contributed by atoms with Crippen LogP contribution >= 0.6 is 23.5 Å². The molecule has 0 unspecified atom stereocenters. The van der Waals surface area contributed by atoms with E-state index >= 15 is 0 Å². The van der Waals surface area contributed by atoms with E-state index in [2.05, 4.69) is 27.7 Å². The molecule has 18 heavy (non-hydrogen) atoms. The van der Waals surface area contributed by atoms with Crippen LogP contribution in [0.3, 0.4) is 0 Å². The molecule has 102 valence electrons. The smallest absolute Gasteiger partial charge is 0.0614 e. The average Bonchev–Trinajstić information content (AvgIpc) is 2.37. The van der Waals surface area contributed by atoms with Crippen molar-refractivity contribution in [3.8, 4) is 0 Å². The van der Waals surface area contributed by atoms with Crippen LogP contribution < -0.4 is 11.5 Å². The monoisotopic (exact) mass is 284 g/mol. The van der Waals surface area contributed by atoms with Crippen LogP contribution in [-0.4, -0.2) is 11.5 Å². The summed E-state index contributed by atoms with van der Waals surface area (Å²) in [4.78, 5) is 2.34. The maximum Gasteiger partial charge on any atom is 0.0614 e. The quantitative estimate of drug-likeness (QED) is 0.607. The van der Waals surface area contributed by atoms with E-state index < -0.39 is 0 Å². The molecule has 4 N–H and O–H groups in total. The molecule has 0 atom stereocenters. The molecule has 0 aliphatic rings. The molecule has 0 aliphatic heterocycles. The van der Waals surface area contributed by atoms with Gasteiger partial charge in [0.2, 0.25) is 0 Å². The Bertz CT molecular complexity index is 417. The number of hydrogen-bond donors (Lipinski definition) is 2. The first-order chi connectivity index (χ1) is 8.62.